The van der Waals surface area contributed by atoms with Gasteiger partial charge in [-0.05, 0) is 99.3 Å². The summed E-state index contributed by atoms with van der Waals surface area (Å²) in [4.78, 5) is 0. The second-order valence-electron chi connectivity index (χ2n) is 14.2. The number of aromatic nitrogens is 2. The molecule has 0 saturated carbocycles. The Morgan fingerprint density at radius 2 is 0.704 bits per heavy atom. The molecule has 2 nitrogen and oxygen atoms in total. The lowest BCUT2D eigenvalue weighted by Crippen LogP contribution is -1.98. The van der Waals surface area contributed by atoms with Crippen LogP contribution >= 0.6 is 0 Å². The smallest absolute Gasteiger partial charge is 0.0546 e. The van der Waals surface area contributed by atoms with Gasteiger partial charge in [-0.3, -0.25) is 0 Å². The van der Waals surface area contributed by atoms with Crippen LogP contribution in [0.25, 0.3) is 99.1 Å². The summed E-state index contributed by atoms with van der Waals surface area (Å²) in [5.74, 6) is 0. The van der Waals surface area contributed by atoms with Crippen LogP contribution in [0.1, 0.15) is 0 Å². The molecule has 11 aromatic rings. The van der Waals surface area contributed by atoms with Gasteiger partial charge in [0.25, 0.3) is 0 Å². The maximum Gasteiger partial charge on any atom is 0.0546 e. The predicted molar refractivity (Wildman–Crippen MR) is 229 cm³/mol. The van der Waals surface area contributed by atoms with Gasteiger partial charge in [0.15, 0.2) is 0 Å². The molecule has 0 spiro atoms. The quantitative estimate of drug-likeness (QED) is 0.171. The van der Waals surface area contributed by atoms with E-state index in [-0.39, 0.29) is 0 Å². The molecule has 0 aliphatic carbocycles. The average molecular weight is 687 g/mol. The van der Waals surface area contributed by atoms with Gasteiger partial charge < -0.3 is 9.13 Å². The molecule has 0 N–H and O–H groups in total. The monoisotopic (exact) mass is 686 g/mol. The first kappa shape index (κ1) is 30.5. The fourth-order valence-electron chi connectivity index (χ4n) is 8.54. The van der Waals surface area contributed by atoms with Crippen molar-refractivity contribution in [2.24, 2.45) is 0 Å². The summed E-state index contributed by atoms with van der Waals surface area (Å²) in [6, 6.07) is 75.2. The highest BCUT2D eigenvalue weighted by Gasteiger charge is 2.18. The molecule has 0 amide bonds. The third kappa shape index (κ3) is 4.81. The van der Waals surface area contributed by atoms with Crippen LogP contribution in [0.4, 0.5) is 0 Å². The van der Waals surface area contributed by atoms with Crippen LogP contribution in [0.3, 0.4) is 0 Å². The Labute approximate surface area is 313 Å². The highest BCUT2D eigenvalue weighted by molar-refractivity contribution is 6.13. The van der Waals surface area contributed by atoms with E-state index in [0.717, 1.165) is 5.69 Å². The average Bonchev–Trinajstić information content (AvgIpc) is 3.76. The maximum atomic E-state index is 2.46. The SMILES string of the molecule is c1ccc(-c2ccc(-n3c4ccccc4c4cc(-c5ccc6c(c5)c5ccccc5n6-c5cc6ccccc6cc5-c5ccccc5)ccc43)cc2)cc1. The van der Waals surface area contributed by atoms with Crippen LogP contribution in [0, 0.1) is 0 Å². The molecule has 0 aliphatic heterocycles. The normalized spacial score (nSPS) is 11.7. The molecule has 11 rings (SSSR count). The molecule has 0 bridgehead atoms. The van der Waals surface area contributed by atoms with Crippen molar-refractivity contribution in [3.05, 3.63) is 206 Å². The Balaban J connectivity index is 1.08. The predicted octanol–water partition coefficient (Wildman–Crippen LogP) is 14.0. The van der Waals surface area contributed by atoms with Crippen molar-refractivity contribution in [3.8, 4) is 44.8 Å². The summed E-state index contributed by atoms with van der Waals surface area (Å²) in [7, 11) is 0. The van der Waals surface area contributed by atoms with E-state index in [1.165, 1.54) is 93.5 Å². The standard InChI is InChI=1S/C52H34N2/c1-3-13-35(14-4-1)36-23-27-42(28-24-36)53-48-21-11-9-19-43(48)46-32-40(25-29-50(46)53)41-26-30-51-47(33-41)44-20-10-12-22-49(44)54(51)52-34-39-18-8-7-17-38(39)31-45(52)37-15-5-2-6-16-37/h1-34H. The van der Waals surface area contributed by atoms with Crippen molar-refractivity contribution in [2.45, 2.75) is 0 Å². The van der Waals surface area contributed by atoms with Gasteiger partial charge in [-0.25, -0.2) is 0 Å². The zero-order chi connectivity index (χ0) is 35.6. The topological polar surface area (TPSA) is 9.86 Å². The Morgan fingerprint density at radius 1 is 0.259 bits per heavy atom. The van der Waals surface area contributed by atoms with Crippen molar-refractivity contribution >= 4 is 54.4 Å². The molecule has 0 aliphatic rings. The molecule has 0 unspecified atom stereocenters. The van der Waals surface area contributed by atoms with E-state index in [9.17, 15) is 0 Å². The summed E-state index contributed by atoms with van der Waals surface area (Å²) in [5.41, 5.74) is 14.4. The summed E-state index contributed by atoms with van der Waals surface area (Å²) < 4.78 is 4.86. The number of benzene rings is 9. The molecule has 252 valence electrons. The molecular weight excluding hydrogens is 653 g/mol. The third-order valence-corrected chi connectivity index (χ3v) is 11.1. The van der Waals surface area contributed by atoms with Gasteiger partial charge >= 0.3 is 0 Å². The van der Waals surface area contributed by atoms with Crippen molar-refractivity contribution in [1.29, 1.82) is 0 Å². The van der Waals surface area contributed by atoms with Crippen LogP contribution < -0.4 is 0 Å². The maximum absolute atomic E-state index is 2.46. The minimum absolute atomic E-state index is 1.16. The summed E-state index contributed by atoms with van der Waals surface area (Å²) >= 11 is 0. The Morgan fingerprint density at radius 3 is 1.33 bits per heavy atom. The van der Waals surface area contributed by atoms with Crippen LogP contribution in [0.15, 0.2) is 206 Å². The second-order valence-corrected chi connectivity index (χ2v) is 14.2. The van der Waals surface area contributed by atoms with E-state index in [2.05, 4.69) is 215 Å². The largest absolute Gasteiger partial charge is 0.309 e. The molecule has 0 fully saturated rings. The van der Waals surface area contributed by atoms with E-state index < -0.39 is 0 Å². The first-order chi connectivity index (χ1) is 26.8. The van der Waals surface area contributed by atoms with Gasteiger partial charge in [0.1, 0.15) is 0 Å². The lowest BCUT2D eigenvalue weighted by Gasteiger charge is -2.16. The minimum atomic E-state index is 1.16. The molecule has 54 heavy (non-hydrogen) atoms. The van der Waals surface area contributed by atoms with Gasteiger partial charge in [-0.2, -0.15) is 0 Å². The summed E-state index contributed by atoms with van der Waals surface area (Å²) in [6.07, 6.45) is 0. The van der Waals surface area contributed by atoms with Crippen molar-refractivity contribution in [1.82, 2.24) is 9.13 Å². The summed E-state index contributed by atoms with van der Waals surface area (Å²) in [6.45, 7) is 0. The number of nitrogens with zero attached hydrogens (tertiary/aromatic N) is 2. The molecule has 0 atom stereocenters. The Bertz CT molecular complexity index is 3180. The van der Waals surface area contributed by atoms with Gasteiger partial charge in [-0.1, -0.05) is 146 Å². The fourth-order valence-corrected chi connectivity index (χ4v) is 8.54. The Hall–Kier alpha value is -7.16. The zero-order valence-electron chi connectivity index (χ0n) is 29.5. The van der Waals surface area contributed by atoms with Gasteiger partial charge in [0.05, 0.1) is 27.8 Å². The lowest BCUT2D eigenvalue weighted by molar-refractivity contribution is 1.18. The molecule has 0 saturated heterocycles. The van der Waals surface area contributed by atoms with Gasteiger partial charge in [0, 0.05) is 32.8 Å². The molecule has 2 aromatic heterocycles. The van der Waals surface area contributed by atoms with Crippen molar-refractivity contribution in [3.63, 3.8) is 0 Å². The molecule has 2 heterocycles. The number of hydrogen-bond donors (Lipinski definition) is 0. The minimum Gasteiger partial charge on any atom is -0.309 e. The molecule has 0 radical (unpaired) electrons. The highest BCUT2D eigenvalue weighted by Crippen LogP contribution is 2.41. The van der Waals surface area contributed by atoms with Crippen molar-refractivity contribution in [2.75, 3.05) is 0 Å². The number of fused-ring (bicyclic) bond motifs is 7. The van der Waals surface area contributed by atoms with E-state index in [1.54, 1.807) is 0 Å². The number of para-hydroxylation sites is 2. The second kappa shape index (κ2) is 12.2. The molecule has 9 aromatic carbocycles. The zero-order valence-corrected chi connectivity index (χ0v) is 29.5. The van der Waals surface area contributed by atoms with Crippen LogP contribution in [-0.2, 0) is 0 Å². The van der Waals surface area contributed by atoms with Gasteiger partial charge in [-0.15, -0.1) is 0 Å². The van der Waals surface area contributed by atoms with Gasteiger partial charge in [0.2, 0.25) is 0 Å². The highest BCUT2D eigenvalue weighted by atomic mass is 15.0. The van der Waals surface area contributed by atoms with Crippen LogP contribution in [0.5, 0.6) is 0 Å². The molecule has 2 heteroatoms. The third-order valence-electron chi connectivity index (χ3n) is 11.1. The first-order valence-corrected chi connectivity index (χ1v) is 18.6. The lowest BCUT2D eigenvalue weighted by atomic mass is 9.98. The molecular formula is C52H34N2. The van der Waals surface area contributed by atoms with E-state index in [1.807, 2.05) is 0 Å². The van der Waals surface area contributed by atoms with E-state index >= 15 is 0 Å². The van der Waals surface area contributed by atoms with E-state index in [4.69, 9.17) is 0 Å². The number of rotatable bonds is 5. The van der Waals surface area contributed by atoms with Crippen LogP contribution in [0.2, 0.25) is 0 Å². The van der Waals surface area contributed by atoms with Crippen LogP contribution in [-0.4, -0.2) is 9.13 Å². The summed E-state index contributed by atoms with van der Waals surface area (Å²) in [5, 5.41) is 7.47. The Kier molecular flexibility index (Phi) is 6.90. The number of hydrogen-bond acceptors (Lipinski definition) is 0. The fraction of sp³-hybridized carbons (Fsp3) is 0. The van der Waals surface area contributed by atoms with Crippen molar-refractivity contribution < 1.29 is 0 Å². The first-order valence-electron chi connectivity index (χ1n) is 18.6. The van der Waals surface area contributed by atoms with E-state index in [0.29, 0.717) is 0 Å².